The smallest absolute Gasteiger partial charge is 0.414 e. The number of hydrogen-bond donors (Lipinski definition) is 2. The first-order chi connectivity index (χ1) is 11.2. The number of nitrogens with zero attached hydrogens (tertiary/aromatic N) is 4. The number of aromatic nitrogens is 2. The van der Waals surface area contributed by atoms with E-state index in [0.29, 0.717) is 12.4 Å². The lowest BCUT2D eigenvalue weighted by molar-refractivity contribution is 0.0527. The lowest BCUT2D eigenvalue weighted by Gasteiger charge is -2.28. The molecule has 0 aliphatic carbocycles. The number of aliphatic hydroxyl groups is 1. The molecular formula is C14H15N5O3S. The molecule has 1 aliphatic heterocycles. The molecule has 3 heterocycles. The number of hydrogen-bond acceptors (Lipinski definition) is 8. The fourth-order valence-corrected chi connectivity index (χ4v) is 3.56. The zero-order valence-corrected chi connectivity index (χ0v) is 13.0. The molecule has 1 fully saturated rings. The van der Waals surface area contributed by atoms with E-state index in [4.69, 9.17) is 10.4 Å². The average molecular weight is 333 g/mol. The average Bonchev–Trinajstić information content (AvgIpc) is 3.00. The van der Waals surface area contributed by atoms with Gasteiger partial charge in [0.2, 0.25) is 0 Å². The molecule has 0 bridgehead atoms. The molecule has 3 rings (SSSR count). The van der Waals surface area contributed by atoms with Gasteiger partial charge in [-0.2, -0.15) is 5.26 Å². The molecule has 2 N–H and O–H groups in total. The number of amides is 1. The van der Waals surface area contributed by atoms with Gasteiger partial charge in [0.1, 0.15) is 0 Å². The van der Waals surface area contributed by atoms with Crippen molar-refractivity contribution in [3.63, 3.8) is 0 Å². The van der Waals surface area contributed by atoms with Crippen LogP contribution < -0.4 is 10.2 Å². The van der Waals surface area contributed by atoms with Crippen molar-refractivity contribution < 1.29 is 14.6 Å². The van der Waals surface area contributed by atoms with Gasteiger partial charge in [0.05, 0.1) is 22.2 Å². The number of fused-ring (bicyclic) bond motifs is 1. The molecule has 1 atom stereocenters. The zero-order chi connectivity index (χ0) is 16.2. The molecule has 1 amide bonds. The van der Waals surface area contributed by atoms with Crippen LogP contribution in [-0.4, -0.2) is 41.1 Å². The van der Waals surface area contributed by atoms with Crippen LogP contribution >= 0.6 is 11.3 Å². The van der Waals surface area contributed by atoms with Crippen molar-refractivity contribution >= 4 is 38.6 Å². The molecule has 0 aromatic carbocycles. The van der Waals surface area contributed by atoms with E-state index in [2.05, 4.69) is 31.0 Å². The summed E-state index contributed by atoms with van der Waals surface area (Å²) < 4.78 is 5.18. The molecular weight excluding hydrogens is 318 g/mol. The van der Waals surface area contributed by atoms with E-state index < -0.39 is 12.9 Å². The van der Waals surface area contributed by atoms with Gasteiger partial charge in [-0.25, -0.2) is 14.8 Å². The number of piperidine rings is 1. The molecule has 0 saturated carbocycles. The largest absolute Gasteiger partial charge is 0.422 e. The minimum atomic E-state index is -0.773. The lowest BCUT2D eigenvalue weighted by atomic mass is 10.0. The zero-order valence-electron chi connectivity index (χ0n) is 12.2. The van der Waals surface area contributed by atoms with E-state index in [9.17, 15) is 4.79 Å². The first-order valence-electron chi connectivity index (χ1n) is 7.16. The second-order valence-corrected chi connectivity index (χ2v) is 6.08. The van der Waals surface area contributed by atoms with Crippen LogP contribution in [-0.2, 0) is 4.74 Å². The van der Waals surface area contributed by atoms with Crippen molar-refractivity contribution in [2.75, 3.05) is 30.1 Å². The second-order valence-electron chi connectivity index (χ2n) is 5.10. The van der Waals surface area contributed by atoms with Crippen molar-refractivity contribution in [1.29, 1.82) is 5.26 Å². The lowest BCUT2D eigenvalue weighted by Crippen LogP contribution is -2.34. The van der Waals surface area contributed by atoms with Crippen LogP contribution in [0, 0.1) is 17.2 Å². The monoisotopic (exact) mass is 333 g/mol. The van der Waals surface area contributed by atoms with Gasteiger partial charge in [-0.3, -0.25) is 5.32 Å². The van der Waals surface area contributed by atoms with Crippen LogP contribution in [0.5, 0.6) is 0 Å². The van der Waals surface area contributed by atoms with Gasteiger partial charge in [0.25, 0.3) is 0 Å². The number of pyridine rings is 1. The minimum Gasteiger partial charge on any atom is -0.422 e. The normalized spacial score (nSPS) is 17.7. The summed E-state index contributed by atoms with van der Waals surface area (Å²) in [4.78, 5) is 22.2. The van der Waals surface area contributed by atoms with Crippen LogP contribution in [0.3, 0.4) is 0 Å². The van der Waals surface area contributed by atoms with E-state index in [1.165, 1.54) is 11.3 Å². The number of ether oxygens (including phenoxy) is 1. The van der Waals surface area contributed by atoms with Crippen molar-refractivity contribution in [2.24, 2.45) is 5.92 Å². The summed E-state index contributed by atoms with van der Waals surface area (Å²) in [6.45, 7) is 0.832. The topological polar surface area (TPSA) is 111 Å². The Hall–Kier alpha value is -2.44. The first-order valence-corrected chi connectivity index (χ1v) is 7.97. The Bertz CT molecular complexity index is 756. The summed E-state index contributed by atoms with van der Waals surface area (Å²) in [6, 6.07) is 4.08. The maximum Gasteiger partial charge on any atom is 0.414 e. The van der Waals surface area contributed by atoms with Gasteiger partial charge in [-0.15, -0.1) is 0 Å². The van der Waals surface area contributed by atoms with Crippen LogP contribution in [0.15, 0.2) is 12.3 Å². The van der Waals surface area contributed by atoms with Gasteiger partial charge in [0, 0.05) is 19.3 Å². The summed E-state index contributed by atoms with van der Waals surface area (Å²) in [5.74, 6) is 0.365. The molecule has 120 valence electrons. The summed E-state index contributed by atoms with van der Waals surface area (Å²) >= 11 is 1.41. The number of carbonyl (C=O) groups excluding carboxylic acids is 1. The molecule has 0 radical (unpaired) electrons. The number of nitrogens with one attached hydrogen (secondary N) is 1. The van der Waals surface area contributed by atoms with E-state index in [0.717, 1.165) is 34.7 Å². The molecule has 1 aliphatic rings. The van der Waals surface area contributed by atoms with Gasteiger partial charge in [-0.05, 0) is 18.9 Å². The highest BCUT2D eigenvalue weighted by molar-refractivity contribution is 7.22. The van der Waals surface area contributed by atoms with Gasteiger partial charge in [-0.1, -0.05) is 11.3 Å². The van der Waals surface area contributed by atoms with Crippen molar-refractivity contribution in [3.05, 3.63) is 12.3 Å². The molecule has 8 nitrogen and oxygen atoms in total. The van der Waals surface area contributed by atoms with Crippen molar-refractivity contribution in [2.45, 2.75) is 12.8 Å². The number of anilines is 2. The molecule has 1 saturated heterocycles. The molecule has 23 heavy (non-hydrogen) atoms. The fraction of sp³-hybridized carbons (Fsp3) is 0.429. The third-order valence-corrected chi connectivity index (χ3v) is 4.72. The first kappa shape index (κ1) is 15.5. The van der Waals surface area contributed by atoms with Crippen LogP contribution in [0.2, 0.25) is 0 Å². The standard InChI is InChI=1S/C14H15N5O3S/c15-6-9-2-1-5-19(7-9)13-17-10-3-4-16-12(11(10)23-13)18-14(21)22-8-20/h3-4,9,20H,1-2,5,7-8H2,(H,16,18,21). The van der Waals surface area contributed by atoms with E-state index >= 15 is 0 Å². The van der Waals surface area contributed by atoms with Crippen molar-refractivity contribution in [3.8, 4) is 6.07 Å². The van der Waals surface area contributed by atoms with Crippen LogP contribution in [0.25, 0.3) is 10.2 Å². The number of thiazole rings is 1. The molecule has 0 spiro atoms. The maximum atomic E-state index is 11.5. The van der Waals surface area contributed by atoms with Gasteiger partial charge in [0.15, 0.2) is 17.7 Å². The minimum absolute atomic E-state index is 0.0195. The summed E-state index contributed by atoms with van der Waals surface area (Å²) in [5.41, 5.74) is 0.721. The van der Waals surface area contributed by atoms with Crippen LogP contribution in [0.1, 0.15) is 12.8 Å². The molecule has 2 aromatic rings. The quantitative estimate of drug-likeness (QED) is 0.825. The maximum absolute atomic E-state index is 11.5. The Labute approximate surface area is 136 Å². The summed E-state index contributed by atoms with van der Waals surface area (Å²) in [5, 5.41) is 21.0. The Morgan fingerprint density at radius 2 is 2.52 bits per heavy atom. The highest BCUT2D eigenvalue weighted by Gasteiger charge is 2.23. The van der Waals surface area contributed by atoms with E-state index in [-0.39, 0.29) is 5.92 Å². The van der Waals surface area contributed by atoms with Crippen LogP contribution in [0.4, 0.5) is 15.7 Å². The Kier molecular flexibility index (Phi) is 4.55. The van der Waals surface area contributed by atoms with Crippen molar-refractivity contribution in [1.82, 2.24) is 9.97 Å². The number of aliphatic hydroxyl groups excluding tert-OH is 1. The third kappa shape index (κ3) is 3.33. The fourth-order valence-electron chi connectivity index (χ4n) is 2.52. The number of rotatable bonds is 3. The number of nitriles is 1. The van der Waals surface area contributed by atoms with Gasteiger partial charge < -0.3 is 14.7 Å². The highest BCUT2D eigenvalue weighted by Crippen LogP contribution is 2.34. The SMILES string of the molecule is N#CC1CCCN(c2nc3ccnc(NC(=O)OCO)c3s2)C1. The molecule has 9 heteroatoms. The molecule has 2 aromatic heterocycles. The predicted octanol–water partition coefficient (Wildman–Crippen LogP) is 1.93. The highest BCUT2D eigenvalue weighted by atomic mass is 32.1. The molecule has 1 unspecified atom stereocenters. The van der Waals surface area contributed by atoms with E-state index in [1.54, 1.807) is 12.3 Å². The Morgan fingerprint density at radius 1 is 1.65 bits per heavy atom. The number of carbonyl (C=O) groups is 1. The Balaban J connectivity index is 1.87. The summed E-state index contributed by atoms with van der Waals surface area (Å²) in [6.07, 6.45) is 2.65. The third-order valence-electron chi connectivity index (χ3n) is 3.58. The van der Waals surface area contributed by atoms with Gasteiger partial charge >= 0.3 is 6.09 Å². The second kappa shape index (κ2) is 6.76. The summed E-state index contributed by atoms with van der Waals surface area (Å²) in [7, 11) is 0. The Morgan fingerprint density at radius 3 is 3.30 bits per heavy atom. The predicted molar refractivity (Wildman–Crippen MR) is 85.2 cm³/mol. The van der Waals surface area contributed by atoms with E-state index in [1.807, 2.05) is 0 Å².